The highest BCUT2D eigenvalue weighted by Crippen LogP contribution is 2.28. The van der Waals surface area contributed by atoms with Gasteiger partial charge in [0.2, 0.25) is 5.95 Å². The summed E-state index contributed by atoms with van der Waals surface area (Å²) in [5.41, 5.74) is 3.76. The van der Waals surface area contributed by atoms with E-state index in [1.165, 1.54) is 0 Å². The van der Waals surface area contributed by atoms with Crippen molar-refractivity contribution in [2.75, 3.05) is 5.32 Å². The molecule has 124 valence electrons. The van der Waals surface area contributed by atoms with E-state index in [9.17, 15) is 0 Å². The number of halogens is 1. The molecule has 0 aliphatic heterocycles. The van der Waals surface area contributed by atoms with Crippen molar-refractivity contribution in [2.45, 2.75) is 33.2 Å². The van der Waals surface area contributed by atoms with E-state index in [1.54, 1.807) is 6.20 Å². The minimum absolute atomic E-state index is 0.240. The molecule has 3 aromatic rings. The van der Waals surface area contributed by atoms with Gasteiger partial charge < -0.3 is 9.84 Å². The number of benzene rings is 1. The number of rotatable bonds is 5. The molecule has 0 bridgehead atoms. The van der Waals surface area contributed by atoms with Gasteiger partial charge in [-0.05, 0) is 30.5 Å². The van der Waals surface area contributed by atoms with E-state index in [0.29, 0.717) is 18.3 Å². The number of hydrogen-bond acceptors (Lipinski definition) is 5. The van der Waals surface area contributed by atoms with Crippen LogP contribution in [0.5, 0.6) is 0 Å². The average Bonchev–Trinajstić information content (AvgIpc) is 3.00. The lowest BCUT2D eigenvalue weighted by atomic mass is 10.0. The van der Waals surface area contributed by atoms with Gasteiger partial charge in [0.05, 0.1) is 17.0 Å². The maximum absolute atomic E-state index is 5.90. The molecule has 0 atom stereocenters. The second kappa shape index (κ2) is 7.01. The second-order valence-corrected chi connectivity index (χ2v) is 6.40. The van der Waals surface area contributed by atoms with Crippen LogP contribution in [0.2, 0.25) is 5.02 Å². The Bertz CT molecular complexity index is 827. The SMILES string of the molecule is Cc1cc(-c2cnc(NCc3ccc(Cl)cc3)nc2C(C)C)on1. The van der Waals surface area contributed by atoms with E-state index in [1.807, 2.05) is 37.3 Å². The van der Waals surface area contributed by atoms with Crippen molar-refractivity contribution in [2.24, 2.45) is 0 Å². The van der Waals surface area contributed by atoms with Crippen LogP contribution < -0.4 is 5.32 Å². The summed E-state index contributed by atoms with van der Waals surface area (Å²) in [6.07, 6.45) is 1.78. The van der Waals surface area contributed by atoms with E-state index in [2.05, 4.69) is 34.3 Å². The molecule has 3 rings (SSSR count). The maximum atomic E-state index is 5.90. The highest BCUT2D eigenvalue weighted by Gasteiger charge is 2.16. The normalized spacial score (nSPS) is 11.0. The van der Waals surface area contributed by atoms with Gasteiger partial charge >= 0.3 is 0 Å². The summed E-state index contributed by atoms with van der Waals surface area (Å²) < 4.78 is 5.36. The molecular weight excluding hydrogens is 324 g/mol. The van der Waals surface area contributed by atoms with Crippen molar-refractivity contribution in [1.82, 2.24) is 15.1 Å². The van der Waals surface area contributed by atoms with E-state index in [-0.39, 0.29) is 5.92 Å². The zero-order chi connectivity index (χ0) is 17.1. The molecule has 0 aliphatic carbocycles. The van der Waals surface area contributed by atoms with Crippen LogP contribution in [0.25, 0.3) is 11.3 Å². The van der Waals surface area contributed by atoms with Crippen molar-refractivity contribution in [3.05, 3.63) is 58.5 Å². The fraction of sp³-hybridized carbons (Fsp3) is 0.278. The van der Waals surface area contributed by atoms with Crippen LogP contribution in [0.3, 0.4) is 0 Å². The lowest BCUT2D eigenvalue weighted by Crippen LogP contribution is -2.07. The van der Waals surface area contributed by atoms with Crippen molar-refractivity contribution in [1.29, 1.82) is 0 Å². The van der Waals surface area contributed by atoms with Gasteiger partial charge in [-0.1, -0.05) is 42.7 Å². The van der Waals surface area contributed by atoms with Gasteiger partial charge in [0.25, 0.3) is 0 Å². The molecule has 0 fully saturated rings. The molecule has 1 aromatic carbocycles. The third kappa shape index (κ3) is 3.74. The number of aryl methyl sites for hydroxylation is 1. The molecule has 1 N–H and O–H groups in total. The first-order valence-corrected chi connectivity index (χ1v) is 8.19. The Morgan fingerprint density at radius 1 is 1.21 bits per heavy atom. The zero-order valence-electron chi connectivity index (χ0n) is 13.9. The van der Waals surface area contributed by atoms with Gasteiger partial charge in [-0.25, -0.2) is 9.97 Å². The van der Waals surface area contributed by atoms with Crippen molar-refractivity contribution >= 4 is 17.5 Å². The quantitative estimate of drug-likeness (QED) is 0.719. The van der Waals surface area contributed by atoms with Crippen LogP contribution in [-0.2, 0) is 6.54 Å². The Labute approximate surface area is 146 Å². The summed E-state index contributed by atoms with van der Waals surface area (Å²) in [6, 6.07) is 9.59. The van der Waals surface area contributed by atoms with Gasteiger partial charge in [-0.15, -0.1) is 0 Å². The van der Waals surface area contributed by atoms with Gasteiger partial charge in [0.15, 0.2) is 5.76 Å². The number of aromatic nitrogens is 3. The molecular formula is C18H19ClN4O. The summed E-state index contributed by atoms with van der Waals surface area (Å²) in [4.78, 5) is 9.06. The first kappa shape index (κ1) is 16.5. The second-order valence-electron chi connectivity index (χ2n) is 5.96. The molecule has 5 nitrogen and oxygen atoms in total. The van der Waals surface area contributed by atoms with Crippen LogP contribution in [0.1, 0.15) is 36.7 Å². The molecule has 0 spiro atoms. The largest absolute Gasteiger partial charge is 0.356 e. The predicted molar refractivity (Wildman–Crippen MR) is 95.1 cm³/mol. The third-order valence-corrected chi connectivity index (χ3v) is 3.87. The first-order chi connectivity index (χ1) is 11.5. The molecule has 0 aliphatic rings. The number of nitrogens with zero attached hydrogens (tertiary/aromatic N) is 3. The van der Waals surface area contributed by atoms with Crippen LogP contribution in [0.4, 0.5) is 5.95 Å². The van der Waals surface area contributed by atoms with Crippen LogP contribution in [0.15, 0.2) is 41.1 Å². The lowest BCUT2D eigenvalue weighted by Gasteiger charge is -2.12. The summed E-state index contributed by atoms with van der Waals surface area (Å²) in [5, 5.41) is 7.92. The Hall–Kier alpha value is -2.40. The molecule has 0 saturated carbocycles. The smallest absolute Gasteiger partial charge is 0.223 e. The fourth-order valence-corrected chi connectivity index (χ4v) is 2.51. The van der Waals surface area contributed by atoms with E-state index in [4.69, 9.17) is 16.1 Å². The molecule has 0 amide bonds. The average molecular weight is 343 g/mol. The van der Waals surface area contributed by atoms with E-state index in [0.717, 1.165) is 27.5 Å². The molecule has 2 heterocycles. The highest BCUT2D eigenvalue weighted by molar-refractivity contribution is 6.30. The van der Waals surface area contributed by atoms with Crippen LogP contribution >= 0.6 is 11.6 Å². The topological polar surface area (TPSA) is 63.8 Å². The van der Waals surface area contributed by atoms with Crippen LogP contribution in [0, 0.1) is 6.92 Å². The monoisotopic (exact) mass is 342 g/mol. The Balaban J connectivity index is 1.82. The van der Waals surface area contributed by atoms with E-state index >= 15 is 0 Å². The summed E-state index contributed by atoms with van der Waals surface area (Å²) in [6.45, 7) is 6.72. The summed E-state index contributed by atoms with van der Waals surface area (Å²) in [7, 11) is 0. The predicted octanol–water partition coefficient (Wildman–Crippen LogP) is 4.83. The maximum Gasteiger partial charge on any atom is 0.223 e. The number of anilines is 1. The summed E-state index contributed by atoms with van der Waals surface area (Å²) >= 11 is 5.90. The standard InChI is InChI=1S/C18H19ClN4O/c1-11(2)17-15(16-8-12(3)23-24-16)10-21-18(22-17)20-9-13-4-6-14(19)7-5-13/h4-8,10-11H,9H2,1-3H3,(H,20,21,22). The van der Waals surface area contributed by atoms with Crippen LogP contribution in [-0.4, -0.2) is 15.1 Å². The number of hydrogen-bond donors (Lipinski definition) is 1. The highest BCUT2D eigenvalue weighted by atomic mass is 35.5. The van der Waals surface area contributed by atoms with Gasteiger partial charge in [-0.3, -0.25) is 0 Å². The van der Waals surface area contributed by atoms with Gasteiger partial charge in [-0.2, -0.15) is 0 Å². The first-order valence-electron chi connectivity index (χ1n) is 7.82. The third-order valence-electron chi connectivity index (χ3n) is 3.62. The minimum atomic E-state index is 0.240. The molecule has 0 radical (unpaired) electrons. The van der Waals surface area contributed by atoms with Gasteiger partial charge in [0.1, 0.15) is 0 Å². The molecule has 2 aromatic heterocycles. The number of nitrogens with one attached hydrogen (secondary N) is 1. The molecule has 6 heteroatoms. The Kier molecular flexibility index (Phi) is 4.81. The Morgan fingerprint density at radius 3 is 2.58 bits per heavy atom. The molecule has 0 saturated heterocycles. The minimum Gasteiger partial charge on any atom is -0.356 e. The molecule has 24 heavy (non-hydrogen) atoms. The van der Waals surface area contributed by atoms with Crippen molar-refractivity contribution in [3.63, 3.8) is 0 Å². The molecule has 0 unspecified atom stereocenters. The fourth-order valence-electron chi connectivity index (χ4n) is 2.38. The van der Waals surface area contributed by atoms with E-state index < -0.39 is 0 Å². The zero-order valence-corrected chi connectivity index (χ0v) is 14.6. The van der Waals surface area contributed by atoms with Crippen molar-refractivity contribution < 1.29 is 4.52 Å². The summed E-state index contributed by atoms with van der Waals surface area (Å²) in [5.74, 6) is 1.53. The Morgan fingerprint density at radius 2 is 1.96 bits per heavy atom. The lowest BCUT2D eigenvalue weighted by molar-refractivity contribution is 0.426. The van der Waals surface area contributed by atoms with Gasteiger partial charge in [0, 0.05) is 23.8 Å². The van der Waals surface area contributed by atoms with Crippen molar-refractivity contribution in [3.8, 4) is 11.3 Å².